The lowest BCUT2D eigenvalue weighted by atomic mass is 10.1. The van der Waals surface area contributed by atoms with E-state index < -0.39 is 18.5 Å². The van der Waals surface area contributed by atoms with Gasteiger partial charge in [-0.3, -0.25) is 14.5 Å². The van der Waals surface area contributed by atoms with Gasteiger partial charge in [0.25, 0.3) is 5.91 Å². The van der Waals surface area contributed by atoms with Crippen molar-refractivity contribution in [3.05, 3.63) is 35.4 Å². The first kappa shape index (κ1) is 19.9. The summed E-state index contributed by atoms with van der Waals surface area (Å²) in [4.78, 5) is 37.1. The quantitative estimate of drug-likeness (QED) is 0.628. The Labute approximate surface area is 152 Å². The van der Waals surface area contributed by atoms with Crippen LogP contribution in [-0.2, 0) is 25.6 Å². The van der Waals surface area contributed by atoms with E-state index >= 15 is 0 Å². The Hall–Kier alpha value is -2.45. The predicted molar refractivity (Wildman–Crippen MR) is 94.5 cm³/mol. The zero-order valence-electron chi connectivity index (χ0n) is 15.0. The zero-order valence-corrected chi connectivity index (χ0v) is 15.0. The van der Waals surface area contributed by atoms with Crippen molar-refractivity contribution in [3.63, 3.8) is 0 Å². The summed E-state index contributed by atoms with van der Waals surface area (Å²) in [5, 5.41) is 4.94. The molecular weight excluding hydrogens is 338 g/mol. The molecule has 8 heteroatoms. The third-order valence-electron chi connectivity index (χ3n) is 3.85. The van der Waals surface area contributed by atoms with Gasteiger partial charge in [-0.05, 0) is 24.6 Å². The number of likely N-dealkylation sites (N-methyl/N-ethyl adjacent to an activating group) is 1. The molecule has 2 N–H and O–H groups in total. The maximum atomic E-state index is 12.0. The van der Waals surface area contributed by atoms with Crippen LogP contribution in [0, 0.1) is 0 Å². The number of rotatable bonds is 8. The van der Waals surface area contributed by atoms with E-state index in [1.54, 1.807) is 19.1 Å². The van der Waals surface area contributed by atoms with Crippen molar-refractivity contribution in [1.82, 2.24) is 15.5 Å². The molecule has 0 spiro atoms. The molecule has 0 aliphatic carbocycles. The Morgan fingerprint density at radius 3 is 2.42 bits per heavy atom. The molecule has 0 atom stereocenters. The largest absolute Gasteiger partial charge is 0.452 e. The van der Waals surface area contributed by atoms with Crippen LogP contribution in [0.15, 0.2) is 24.3 Å². The van der Waals surface area contributed by atoms with Crippen LogP contribution in [0.3, 0.4) is 0 Å². The second-order valence-electron chi connectivity index (χ2n) is 5.89. The van der Waals surface area contributed by atoms with Gasteiger partial charge in [-0.25, -0.2) is 4.79 Å². The van der Waals surface area contributed by atoms with Gasteiger partial charge in [0.1, 0.15) is 0 Å². The average Bonchev–Trinajstić information content (AvgIpc) is 2.66. The molecule has 1 aliphatic heterocycles. The highest BCUT2D eigenvalue weighted by molar-refractivity contribution is 5.92. The first-order valence-electron chi connectivity index (χ1n) is 8.68. The second-order valence-corrected chi connectivity index (χ2v) is 5.89. The van der Waals surface area contributed by atoms with Gasteiger partial charge in [0.2, 0.25) is 5.91 Å². The number of hydrogen-bond acceptors (Lipinski definition) is 6. The molecule has 1 saturated heterocycles. The molecule has 0 unspecified atom stereocenters. The maximum Gasteiger partial charge on any atom is 0.338 e. The van der Waals surface area contributed by atoms with Crippen molar-refractivity contribution in [2.75, 3.05) is 46.0 Å². The molecule has 1 heterocycles. The molecule has 2 amide bonds. The van der Waals surface area contributed by atoms with E-state index in [0.717, 1.165) is 38.4 Å². The SMILES string of the molecule is CCNC(=O)CNC(=O)COC(=O)c1ccc(CN2CCOCC2)cc1. The van der Waals surface area contributed by atoms with Crippen molar-refractivity contribution in [1.29, 1.82) is 0 Å². The summed E-state index contributed by atoms with van der Waals surface area (Å²) in [5.41, 5.74) is 1.48. The van der Waals surface area contributed by atoms with E-state index in [-0.39, 0.29) is 12.5 Å². The third-order valence-corrected chi connectivity index (χ3v) is 3.85. The molecule has 0 bridgehead atoms. The predicted octanol–water partition coefficient (Wildman–Crippen LogP) is -0.0721. The van der Waals surface area contributed by atoms with Gasteiger partial charge in [-0.1, -0.05) is 12.1 Å². The minimum absolute atomic E-state index is 0.138. The van der Waals surface area contributed by atoms with Gasteiger partial charge in [-0.15, -0.1) is 0 Å². The summed E-state index contributed by atoms with van der Waals surface area (Å²) in [6.45, 7) is 5.80. The average molecular weight is 363 g/mol. The number of amides is 2. The maximum absolute atomic E-state index is 12.0. The molecule has 1 fully saturated rings. The molecule has 26 heavy (non-hydrogen) atoms. The normalized spacial score (nSPS) is 14.5. The number of benzene rings is 1. The number of esters is 1. The molecule has 0 aromatic heterocycles. The standard InChI is InChI=1S/C18H25N3O5/c1-2-19-16(22)11-20-17(23)13-26-18(24)15-5-3-14(4-6-15)12-21-7-9-25-10-8-21/h3-6H,2,7-13H2,1H3,(H,19,22)(H,20,23). The fraction of sp³-hybridized carbons (Fsp3) is 0.500. The molecule has 142 valence electrons. The third kappa shape index (κ3) is 6.81. The Balaban J connectivity index is 1.73. The first-order chi connectivity index (χ1) is 12.6. The number of ether oxygens (including phenoxy) is 2. The van der Waals surface area contributed by atoms with Crippen LogP contribution in [0.4, 0.5) is 0 Å². The van der Waals surface area contributed by atoms with Crippen LogP contribution >= 0.6 is 0 Å². The fourth-order valence-corrected chi connectivity index (χ4v) is 2.47. The Kier molecular flexibility index (Phi) is 8.04. The number of carbonyl (C=O) groups excluding carboxylic acids is 3. The van der Waals surface area contributed by atoms with Crippen molar-refractivity contribution in [2.45, 2.75) is 13.5 Å². The number of nitrogens with zero attached hydrogens (tertiary/aromatic N) is 1. The Bertz CT molecular complexity index is 612. The van der Waals surface area contributed by atoms with Crippen LogP contribution in [0.5, 0.6) is 0 Å². The number of nitrogens with one attached hydrogen (secondary N) is 2. The van der Waals surface area contributed by atoms with E-state index in [1.807, 2.05) is 12.1 Å². The summed E-state index contributed by atoms with van der Waals surface area (Å²) in [5.74, 6) is -1.38. The lowest BCUT2D eigenvalue weighted by Gasteiger charge is -2.26. The molecule has 0 saturated carbocycles. The van der Waals surface area contributed by atoms with Crippen molar-refractivity contribution < 1.29 is 23.9 Å². The van der Waals surface area contributed by atoms with Gasteiger partial charge >= 0.3 is 5.97 Å². The summed E-state index contributed by atoms with van der Waals surface area (Å²) in [7, 11) is 0. The summed E-state index contributed by atoms with van der Waals surface area (Å²) in [6.07, 6.45) is 0. The van der Waals surface area contributed by atoms with Gasteiger partial charge in [-0.2, -0.15) is 0 Å². The number of hydrogen-bond donors (Lipinski definition) is 2. The molecule has 1 aliphatic rings. The zero-order chi connectivity index (χ0) is 18.8. The van der Waals surface area contributed by atoms with Crippen molar-refractivity contribution in [2.24, 2.45) is 0 Å². The van der Waals surface area contributed by atoms with E-state index in [2.05, 4.69) is 15.5 Å². The van der Waals surface area contributed by atoms with E-state index in [1.165, 1.54) is 0 Å². The highest BCUT2D eigenvalue weighted by Gasteiger charge is 2.13. The van der Waals surface area contributed by atoms with Gasteiger partial charge in [0.15, 0.2) is 6.61 Å². The molecule has 2 rings (SSSR count). The van der Waals surface area contributed by atoms with Gasteiger partial charge in [0.05, 0.1) is 25.3 Å². The topological polar surface area (TPSA) is 97.0 Å². The summed E-state index contributed by atoms with van der Waals surface area (Å²) >= 11 is 0. The monoisotopic (exact) mass is 363 g/mol. The minimum Gasteiger partial charge on any atom is -0.452 e. The van der Waals surface area contributed by atoms with Crippen LogP contribution in [0.1, 0.15) is 22.8 Å². The van der Waals surface area contributed by atoms with E-state index in [0.29, 0.717) is 12.1 Å². The molecule has 0 radical (unpaired) electrons. The fourth-order valence-electron chi connectivity index (χ4n) is 2.47. The van der Waals surface area contributed by atoms with Gasteiger partial charge < -0.3 is 20.1 Å². The molecule has 1 aromatic rings. The smallest absolute Gasteiger partial charge is 0.338 e. The van der Waals surface area contributed by atoms with Crippen molar-refractivity contribution >= 4 is 17.8 Å². The lowest BCUT2D eigenvalue weighted by Crippen LogP contribution is -2.38. The van der Waals surface area contributed by atoms with Crippen LogP contribution in [0.25, 0.3) is 0 Å². The van der Waals surface area contributed by atoms with Crippen LogP contribution in [-0.4, -0.2) is 68.7 Å². The number of morpholine rings is 1. The summed E-state index contributed by atoms with van der Waals surface area (Å²) in [6, 6.07) is 7.12. The van der Waals surface area contributed by atoms with E-state index in [9.17, 15) is 14.4 Å². The van der Waals surface area contributed by atoms with E-state index in [4.69, 9.17) is 9.47 Å². The Morgan fingerprint density at radius 2 is 1.77 bits per heavy atom. The Morgan fingerprint density at radius 1 is 1.08 bits per heavy atom. The van der Waals surface area contributed by atoms with Crippen LogP contribution < -0.4 is 10.6 Å². The lowest BCUT2D eigenvalue weighted by molar-refractivity contribution is -0.127. The highest BCUT2D eigenvalue weighted by atomic mass is 16.5. The second kappa shape index (κ2) is 10.5. The molecule has 1 aromatic carbocycles. The molecule has 8 nitrogen and oxygen atoms in total. The van der Waals surface area contributed by atoms with Crippen LogP contribution in [0.2, 0.25) is 0 Å². The summed E-state index contributed by atoms with van der Waals surface area (Å²) < 4.78 is 10.3. The van der Waals surface area contributed by atoms with Gasteiger partial charge in [0, 0.05) is 26.2 Å². The molecular formula is C18H25N3O5. The highest BCUT2D eigenvalue weighted by Crippen LogP contribution is 2.10. The number of carbonyl (C=O) groups is 3. The first-order valence-corrected chi connectivity index (χ1v) is 8.68. The van der Waals surface area contributed by atoms with Crippen molar-refractivity contribution in [3.8, 4) is 0 Å². The minimum atomic E-state index is -0.573.